The molecule has 0 fully saturated rings. The third kappa shape index (κ3) is 3.81. The molecular weight excluding hydrogens is 422 g/mol. The first-order valence-electron chi connectivity index (χ1n) is 9.15. The molecule has 0 atom stereocenters. The third-order valence-electron chi connectivity index (χ3n) is 4.73. The first-order chi connectivity index (χ1) is 14.5. The maximum Gasteiger partial charge on any atom is 0.266 e. The molecule has 2 heterocycles. The van der Waals surface area contributed by atoms with Crippen LogP contribution in [0, 0.1) is 6.92 Å². The lowest BCUT2D eigenvalue weighted by atomic mass is 10.2. The Morgan fingerprint density at radius 1 is 1.23 bits per heavy atom. The minimum absolute atomic E-state index is 0.163. The van der Waals surface area contributed by atoms with E-state index in [1.807, 2.05) is 30.3 Å². The number of aryl methyl sites for hydroxylation is 1. The molecule has 1 N–H and O–H groups in total. The zero-order valence-corrected chi connectivity index (χ0v) is 17.9. The molecule has 0 aliphatic carbocycles. The molecule has 0 unspecified atom stereocenters. The van der Waals surface area contributed by atoms with E-state index in [2.05, 4.69) is 10.3 Å². The van der Waals surface area contributed by atoms with Gasteiger partial charge in [0, 0.05) is 5.69 Å². The Hall–Kier alpha value is -3.16. The molecule has 0 radical (unpaired) electrons. The topological polar surface area (TPSA) is 73.2 Å². The normalized spacial score (nSPS) is 10.9. The zero-order valence-electron chi connectivity index (χ0n) is 16.3. The number of thiophene rings is 1. The standard InChI is InChI=1S/C22H18ClN3O3S/c1-13-18-21(24-12-26(22(18)28)11-14-6-4-3-5-7-14)30-19(13)20(27)25-15-8-9-17(29-2)16(23)10-15/h3-10,12H,11H2,1-2H3,(H,25,27). The van der Waals surface area contributed by atoms with E-state index in [4.69, 9.17) is 16.3 Å². The molecule has 6 nitrogen and oxygen atoms in total. The van der Waals surface area contributed by atoms with Gasteiger partial charge >= 0.3 is 0 Å². The van der Waals surface area contributed by atoms with Crippen LogP contribution in [0.25, 0.3) is 10.2 Å². The number of anilines is 1. The minimum atomic E-state index is -0.314. The average molecular weight is 440 g/mol. The van der Waals surface area contributed by atoms with E-state index >= 15 is 0 Å². The lowest BCUT2D eigenvalue weighted by molar-refractivity contribution is 0.103. The van der Waals surface area contributed by atoms with Crippen molar-refractivity contribution in [2.45, 2.75) is 13.5 Å². The highest BCUT2D eigenvalue weighted by atomic mass is 35.5. The highest BCUT2D eigenvalue weighted by molar-refractivity contribution is 7.20. The highest BCUT2D eigenvalue weighted by Crippen LogP contribution is 2.30. The first kappa shape index (κ1) is 20.1. The monoisotopic (exact) mass is 439 g/mol. The number of nitrogens with one attached hydrogen (secondary N) is 1. The van der Waals surface area contributed by atoms with Crippen LogP contribution in [0.4, 0.5) is 5.69 Å². The van der Waals surface area contributed by atoms with E-state index in [1.165, 1.54) is 24.8 Å². The molecule has 2 aromatic carbocycles. The van der Waals surface area contributed by atoms with Crippen LogP contribution in [0.2, 0.25) is 5.02 Å². The summed E-state index contributed by atoms with van der Waals surface area (Å²) in [4.78, 5) is 31.3. The number of rotatable bonds is 5. The molecule has 4 aromatic rings. The van der Waals surface area contributed by atoms with Gasteiger partial charge in [0.2, 0.25) is 0 Å². The van der Waals surface area contributed by atoms with Gasteiger partial charge in [0.05, 0.1) is 35.3 Å². The second-order valence-electron chi connectivity index (χ2n) is 6.70. The van der Waals surface area contributed by atoms with Crippen LogP contribution in [0.15, 0.2) is 59.7 Å². The van der Waals surface area contributed by atoms with Crippen molar-refractivity contribution < 1.29 is 9.53 Å². The Labute approximate surface area is 181 Å². The fourth-order valence-corrected chi connectivity index (χ4v) is 4.49. The quantitative estimate of drug-likeness (QED) is 0.488. The van der Waals surface area contributed by atoms with E-state index < -0.39 is 0 Å². The SMILES string of the molecule is COc1ccc(NC(=O)c2sc3ncn(Cc4ccccc4)c(=O)c3c2C)cc1Cl. The van der Waals surface area contributed by atoms with Gasteiger partial charge in [-0.15, -0.1) is 11.3 Å². The lowest BCUT2D eigenvalue weighted by Crippen LogP contribution is -2.21. The molecule has 4 rings (SSSR count). The van der Waals surface area contributed by atoms with Crippen molar-refractivity contribution in [1.29, 1.82) is 0 Å². The van der Waals surface area contributed by atoms with Gasteiger partial charge < -0.3 is 10.1 Å². The van der Waals surface area contributed by atoms with Crippen molar-refractivity contribution in [2.75, 3.05) is 12.4 Å². The maximum atomic E-state index is 13.0. The highest BCUT2D eigenvalue weighted by Gasteiger charge is 2.20. The molecule has 0 spiro atoms. The van der Waals surface area contributed by atoms with Crippen molar-refractivity contribution >= 4 is 44.7 Å². The Balaban J connectivity index is 1.66. The van der Waals surface area contributed by atoms with Crippen LogP contribution < -0.4 is 15.6 Å². The number of benzene rings is 2. The number of nitrogens with zero attached hydrogens (tertiary/aromatic N) is 2. The summed E-state index contributed by atoms with van der Waals surface area (Å²) in [5.74, 6) is 0.210. The average Bonchev–Trinajstić information content (AvgIpc) is 3.08. The molecule has 0 saturated heterocycles. The number of methoxy groups -OCH3 is 1. The molecule has 0 saturated carbocycles. The van der Waals surface area contributed by atoms with Gasteiger partial charge in [-0.1, -0.05) is 41.9 Å². The van der Waals surface area contributed by atoms with Crippen molar-refractivity contribution in [2.24, 2.45) is 0 Å². The summed E-state index contributed by atoms with van der Waals surface area (Å²) in [6.07, 6.45) is 1.53. The van der Waals surface area contributed by atoms with Crippen LogP contribution in [0.3, 0.4) is 0 Å². The predicted octanol–water partition coefficient (Wildman–Crippen LogP) is 4.73. The number of halogens is 1. The molecule has 152 valence electrons. The summed E-state index contributed by atoms with van der Waals surface area (Å²) in [7, 11) is 1.53. The zero-order chi connectivity index (χ0) is 21.3. The van der Waals surface area contributed by atoms with E-state index in [-0.39, 0.29) is 11.5 Å². The fourth-order valence-electron chi connectivity index (χ4n) is 3.20. The third-order valence-corrected chi connectivity index (χ3v) is 6.22. The Morgan fingerprint density at radius 2 is 2.00 bits per heavy atom. The number of carbonyl (C=O) groups excluding carboxylic acids is 1. The van der Waals surface area contributed by atoms with Crippen molar-refractivity contribution in [1.82, 2.24) is 9.55 Å². The number of carbonyl (C=O) groups is 1. The summed E-state index contributed by atoms with van der Waals surface area (Å²) < 4.78 is 6.69. The molecule has 0 aliphatic rings. The largest absolute Gasteiger partial charge is 0.495 e. The van der Waals surface area contributed by atoms with Gasteiger partial charge in [0.1, 0.15) is 10.6 Å². The first-order valence-corrected chi connectivity index (χ1v) is 10.3. The number of ether oxygens (including phenoxy) is 1. The minimum Gasteiger partial charge on any atom is -0.495 e. The van der Waals surface area contributed by atoms with Crippen LogP contribution in [-0.4, -0.2) is 22.6 Å². The van der Waals surface area contributed by atoms with E-state index in [1.54, 1.807) is 29.7 Å². The fraction of sp³-hybridized carbons (Fsp3) is 0.136. The molecule has 30 heavy (non-hydrogen) atoms. The van der Waals surface area contributed by atoms with E-state index in [0.29, 0.717) is 43.7 Å². The van der Waals surface area contributed by atoms with Crippen LogP contribution in [0.1, 0.15) is 20.8 Å². The summed E-state index contributed by atoms with van der Waals surface area (Å²) >= 11 is 7.33. The van der Waals surface area contributed by atoms with Crippen LogP contribution >= 0.6 is 22.9 Å². The van der Waals surface area contributed by atoms with Crippen LogP contribution in [-0.2, 0) is 6.54 Å². The number of amides is 1. The van der Waals surface area contributed by atoms with Crippen molar-refractivity contribution in [3.63, 3.8) is 0 Å². The molecule has 8 heteroatoms. The Bertz CT molecular complexity index is 1300. The molecule has 0 aliphatic heterocycles. The maximum absolute atomic E-state index is 13.0. The van der Waals surface area contributed by atoms with Crippen LogP contribution in [0.5, 0.6) is 5.75 Å². The summed E-state index contributed by atoms with van der Waals surface area (Å²) in [6, 6.07) is 14.7. The summed E-state index contributed by atoms with van der Waals surface area (Å²) in [6.45, 7) is 2.19. The van der Waals surface area contributed by atoms with Gasteiger partial charge in [-0.3, -0.25) is 14.2 Å². The molecule has 1 amide bonds. The second kappa shape index (κ2) is 8.30. The van der Waals surface area contributed by atoms with Crippen molar-refractivity contribution in [3.05, 3.63) is 86.2 Å². The van der Waals surface area contributed by atoms with Crippen molar-refractivity contribution in [3.8, 4) is 5.75 Å². The predicted molar refractivity (Wildman–Crippen MR) is 120 cm³/mol. The summed E-state index contributed by atoms with van der Waals surface area (Å²) in [5.41, 5.74) is 2.00. The van der Waals surface area contributed by atoms with E-state index in [0.717, 1.165) is 5.56 Å². The molecule has 0 bridgehead atoms. The molecular formula is C22H18ClN3O3S. The Morgan fingerprint density at radius 3 is 2.70 bits per heavy atom. The van der Waals surface area contributed by atoms with E-state index in [9.17, 15) is 9.59 Å². The molecule has 2 aromatic heterocycles. The number of hydrogen-bond donors (Lipinski definition) is 1. The van der Waals surface area contributed by atoms with Gasteiger partial charge in [-0.2, -0.15) is 0 Å². The van der Waals surface area contributed by atoms with Gasteiger partial charge in [-0.25, -0.2) is 4.98 Å². The number of hydrogen-bond acceptors (Lipinski definition) is 5. The second-order valence-corrected chi connectivity index (χ2v) is 8.11. The lowest BCUT2D eigenvalue weighted by Gasteiger charge is -2.07. The van der Waals surface area contributed by atoms with Gasteiger partial charge in [-0.05, 0) is 36.2 Å². The smallest absolute Gasteiger partial charge is 0.266 e. The van der Waals surface area contributed by atoms with Gasteiger partial charge in [0.25, 0.3) is 11.5 Å². The Kier molecular flexibility index (Phi) is 5.57. The number of fused-ring (bicyclic) bond motifs is 1. The number of aromatic nitrogens is 2. The van der Waals surface area contributed by atoms with Gasteiger partial charge in [0.15, 0.2) is 0 Å². The summed E-state index contributed by atoms with van der Waals surface area (Å²) in [5, 5.41) is 3.69.